The van der Waals surface area contributed by atoms with E-state index in [4.69, 9.17) is 4.74 Å². The maximum atomic E-state index is 13.2. The second kappa shape index (κ2) is 8.46. The van der Waals surface area contributed by atoms with Gasteiger partial charge in [-0.15, -0.1) is 0 Å². The van der Waals surface area contributed by atoms with Gasteiger partial charge in [0.05, 0.1) is 18.8 Å². The van der Waals surface area contributed by atoms with Gasteiger partial charge in [0.25, 0.3) is 5.56 Å². The van der Waals surface area contributed by atoms with Gasteiger partial charge in [0.15, 0.2) is 5.71 Å². The number of aromatic hydroxyl groups is 1. The molecule has 4 rings (SSSR count). The molecule has 0 atom stereocenters. The molecule has 0 saturated carbocycles. The summed E-state index contributed by atoms with van der Waals surface area (Å²) in [4.78, 5) is 43.8. The van der Waals surface area contributed by atoms with Crippen LogP contribution in [0.2, 0.25) is 0 Å². The smallest absolute Gasteiger partial charge is 0.357 e. The van der Waals surface area contributed by atoms with Gasteiger partial charge >= 0.3 is 11.7 Å². The number of para-hydroxylation sites is 1. The predicted molar refractivity (Wildman–Crippen MR) is 117 cm³/mol. The number of nitrogens with one attached hydrogen (secondary N) is 1. The summed E-state index contributed by atoms with van der Waals surface area (Å²) in [6.45, 7) is 1.69. The molecule has 2 heterocycles. The Morgan fingerprint density at radius 1 is 1.19 bits per heavy atom. The van der Waals surface area contributed by atoms with Gasteiger partial charge in [-0.25, -0.2) is 19.0 Å². The highest BCUT2D eigenvalue weighted by Gasteiger charge is 2.28. The monoisotopic (exact) mass is 435 g/mol. The molecule has 1 aromatic heterocycles. The van der Waals surface area contributed by atoms with E-state index in [1.54, 1.807) is 31.2 Å². The van der Waals surface area contributed by atoms with Crippen molar-refractivity contribution in [1.82, 2.24) is 9.55 Å². The minimum absolute atomic E-state index is 0.0110. The number of ether oxygens (including phenoxy) is 1. The van der Waals surface area contributed by atoms with Crippen LogP contribution in [0, 0.1) is 5.82 Å². The SMILES string of the molecule is CCOC(=O)C1=Nc2ccccc2C1=Cc1c(O)n(Cc2ccc(F)cc2)c(=O)[nH]c1=O. The summed E-state index contributed by atoms with van der Waals surface area (Å²) < 4.78 is 19.2. The molecule has 162 valence electrons. The van der Waals surface area contributed by atoms with Crippen LogP contribution < -0.4 is 11.2 Å². The number of nitrogens with zero attached hydrogens (tertiary/aromatic N) is 2. The summed E-state index contributed by atoms with van der Waals surface area (Å²) in [5, 5.41) is 10.8. The van der Waals surface area contributed by atoms with Gasteiger partial charge in [-0.2, -0.15) is 0 Å². The molecule has 32 heavy (non-hydrogen) atoms. The van der Waals surface area contributed by atoms with Crippen molar-refractivity contribution in [2.45, 2.75) is 13.5 Å². The quantitative estimate of drug-likeness (QED) is 0.598. The molecule has 0 saturated heterocycles. The average Bonchev–Trinajstić information content (AvgIpc) is 3.14. The molecule has 9 heteroatoms. The lowest BCUT2D eigenvalue weighted by Crippen LogP contribution is -2.31. The first kappa shape index (κ1) is 21.0. The molecule has 8 nitrogen and oxygen atoms in total. The molecule has 0 aliphatic carbocycles. The first-order valence-corrected chi connectivity index (χ1v) is 9.77. The Hall–Kier alpha value is -4.27. The van der Waals surface area contributed by atoms with Crippen LogP contribution >= 0.6 is 0 Å². The zero-order valence-corrected chi connectivity index (χ0v) is 17.0. The van der Waals surface area contributed by atoms with Crippen LogP contribution in [-0.2, 0) is 16.1 Å². The number of carbonyl (C=O) groups is 1. The lowest BCUT2D eigenvalue weighted by molar-refractivity contribution is -0.134. The summed E-state index contributed by atoms with van der Waals surface area (Å²) in [6, 6.07) is 12.3. The number of hydrogen-bond donors (Lipinski definition) is 2. The highest BCUT2D eigenvalue weighted by atomic mass is 19.1. The second-order valence-corrected chi connectivity index (χ2v) is 6.97. The molecule has 0 unspecified atom stereocenters. The van der Waals surface area contributed by atoms with E-state index in [1.807, 2.05) is 0 Å². The van der Waals surface area contributed by atoms with Crippen LogP contribution in [-0.4, -0.2) is 32.9 Å². The molecule has 0 spiro atoms. The van der Waals surface area contributed by atoms with Crippen LogP contribution in [0.3, 0.4) is 0 Å². The number of halogens is 1. The number of benzene rings is 2. The zero-order chi connectivity index (χ0) is 22.8. The first-order chi connectivity index (χ1) is 15.4. The Bertz CT molecular complexity index is 1380. The van der Waals surface area contributed by atoms with Gasteiger partial charge in [0.1, 0.15) is 11.4 Å². The van der Waals surface area contributed by atoms with E-state index in [2.05, 4.69) is 9.98 Å². The van der Waals surface area contributed by atoms with E-state index in [0.29, 0.717) is 16.8 Å². The van der Waals surface area contributed by atoms with Gasteiger partial charge in [0, 0.05) is 11.1 Å². The van der Waals surface area contributed by atoms with Crippen molar-refractivity contribution in [2.75, 3.05) is 6.61 Å². The van der Waals surface area contributed by atoms with Crippen LogP contribution in [0.15, 0.2) is 63.1 Å². The minimum Gasteiger partial charge on any atom is -0.494 e. The number of aromatic amines is 1. The standard InChI is InChI=1S/C23H18FN3O5/c1-2-32-22(30)19-16(15-5-3-4-6-18(15)25-19)11-17-20(28)26-23(31)27(21(17)29)12-13-7-9-14(24)10-8-13/h3-11,29H,2,12H2,1H3,(H,26,28,31). The van der Waals surface area contributed by atoms with Gasteiger partial charge in [-0.05, 0) is 36.8 Å². The number of H-pyrrole nitrogens is 1. The molecule has 0 fully saturated rings. The normalized spacial score (nSPS) is 13.7. The molecule has 0 bridgehead atoms. The maximum Gasteiger partial charge on any atom is 0.357 e. The molecule has 0 amide bonds. The number of hydrogen-bond acceptors (Lipinski definition) is 6. The molecule has 1 aliphatic rings. The summed E-state index contributed by atoms with van der Waals surface area (Å²) in [7, 11) is 0. The number of aromatic nitrogens is 2. The third-order valence-electron chi connectivity index (χ3n) is 4.90. The summed E-state index contributed by atoms with van der Waals surface area (Å²) in [5.41, 5.74) is 0.0100. The molecule has 1 aliphatic heterocycles. The predicted octanol–water partition coefficient (Wildman–Crippen LogP) is 2.62. The van der Waals surface area contributed by atoms with Crippen molar-refractivity contribution in [2.24, 2.45) is 4.99 Å². The molecular formula is C23H18FN3O5. The van der Waals surface area contributed by atoms with Crippen molar-refractivity contribution in [1.29, 1.82) is 0 Å². The number of esters is 1. The van der Waals surface area contributed by atoms with E-state index >= 15 is 0 Å². The fourth-order valence-electron chi connectivity index (χ4n) is 3.38. The Balaban J connectivity index is 1.84. The van der Waals surface area contributed by atoms with E-state index in [9.17, 15) is 23.9 Å². The van der Waals surface area contributed by atoms with Crippen molar-refractivity contribution in [3.8, 4) is 5.88 Å². The lowest BCUT2D eigenvalue weighted by atomic mass is 10.0. The average molecular weight is 435 g/mol. The Labute approximate surface area is 181 Å². The fraction of sp³-hybridized carbons (Fsp3) is 0.130. The van der Waals surface area contributed by atoms with E-state index < -0.39 is 28.9 Å². The van der Waals surface area contributed by atoms with Crippen molar-refractivity contribution >= 4 is 29.0 Å². The van der Waals surface area contributed by atoms with Gasteiger partial charge in [-0.3, -0.25) is 14.3 Å². The topological polar surface area (TPSA) is 114 Å². The third kappa shape index (κ3) is 3.87. The lowest BCUT2D eigenvalue weighted by Gasteiger charge is -2.11. The Kier molecular flexibility index (Phi) is 5.55. The molecule has 2 aromatic carbocycles. The first-order valence-electron chi connectivity index (χ1n) is 9.77. The maximum absolute atomic E-state index is 13.2. The van der Waals surface area contributed by atoms with Crippen molar-refractivity contribution in [3.05, 3.63) is 91.9 Å². The van der Waals surface area contributed by atoms with E-state index in [1.165, 1.54) is 30.3 Å². The van der Waals surface area contributed by atoms with E-state index in [0.717, 1.165) is 4.57 Å². The number of aliphatic imine (C=N–C) groups is 1. The Morgan fingerprint density at radius 3 is 2.62 bits per heavy atom. The zero-order valence-electron chi connectivity index (χ0n) is 17.0. The minimum atomic E-state index is -0.831. The summed E-state index contributed by atoms with van der Waals surface area (Å²) in [6.07, 6.45) is 1.30. The van der Waals surface area contributed by atoms with Crippen LogP contribution in [0.4, 0.5) is 10.1 Å². The van der Waals surface area contributed by atoms with Crippen LogP contribution in [0.1, 0.15) is 23.6 Å². The van der Waals surface area contributed by atoms with Gasteiger partial charge < -0.3 is 9.84 Å². The largest absolute Gasteiger partial charge is 0.494 e. The number of rotatable bonds is 5. The van der Waals surface area contributed by atoms with Crippen LogP contribution in [0.5, 0.6) is 5.88 Å². The number of carbonyl (C=O) groups excluding carboxylic acids is 1. The molecule has 0 radical (unpaired) electrons. The third-order valence-corrected chi connectivity index (χ3v) is 4.90. The number of fused-ring (bicyclic) bond motifs is 1. The summed E-state index contributed by atoms with van der Waals surface area (Å²) in [5.74, 6) is -1.71. The highest BCUT2D eigenvalue weighted by Crippen LogP contribution is 2.36. The molecule has 2 N–H and O–H groups in total. The summed E-state index contributed by atoms with van der Waals surface area (Å²) >= 11 is 0. The van der Waals surface area contributed by atoms with E-state index in [-0.39, 0.29) is 30.0 Å². The molecule has 3 aromatic rings. The Morgan fingerprint density at radius 2 is 1.91 bits per heavy atom. The van der Waals surface area contributed by atoms with Gasteiger partial charge in [0.2, 0.25) is 5.88 Å². The van der Waals surface area contributed by atoms with Crippen LogP contribution in [0.25, 0.3) is 11.6 Å². The fourth-order valence-corrected chi connectivity index (χ4v) is 3.38. The van der Waals surface area contributed by atoms with Crippen molar-refractivity contribution < 1.29 is 19.0 Å². The van der Waals surface area contributed by atoms with Gasteiger partial charge in [-0.1, -0.05) is 30.3 Å². The molecular weight excluding hydrogens is 417 g/mol. The van der Waals surface area contributed by atoms with Crippen molar-refractivity contribution in [3.63, 3.8) is 0 Å². The highest BCUT2D eigenvalue weighted by molar-refractivity contribution is 6.58. The second-order valence-electron chi connectivity index (χ2n) is 6.97.